The molecule has 1 spiro atoms. The molecule has 34 heavy (non-hydrogen) atoms. The number of hydrogen-bond acceptors (Lipinski definition) is 7. The van der Waals surface area contributed by atoms with E-state index in [2.05, 4.69) is 30.6 Å². The molecule has 0 radical (unpaired) electrons. The molecule has 1 N–H and O–H groups in total. The van der Waals surface area contributed by atoms with Gasteiger partial charge in [-0.15, -0.1) is 4.80 Å². The second kappa shape index (κ2) is 7.21. The third kappa shape index (κ3) is 3.15. The molecule has 2 unspecified atom stereocenters. The summed E-state index contributed by atoms with van der Waals surface area (Å²) in [6.07, 6.45) is 1.42. The minimum atomic E-state index is -4.74. The molecule has 1 aliphatic heterocycles. The van der Waals surface area contributed by atoms with Crippen LogP contribution in [0.4, 0.5) is 18.9 Å². The van der Waals surface area contributed by atoms with Crippen molar-refractivity contribution in [1.29, 1.82) is 0 Å². The SMILES string of the molecule is O=C(Nc1cnc(-n2nccn2)c(C(F)(F)F)c1)C1CC2(CCO2)c2c1cnc1cc(Cl)nn21. The van der Waals surface area contributed by atoms with Crippen LogP contribution >= 0.6 is 11.6 Å². The molecule has 1 fully saturated rings. The van der Waals surface area contributed by atoms with E-state index in [1.54, 1.807) is 16.8 Å². The Morgan fingerprint density at radius 1 is 1.21 bits per heavy atom. The third-order valence-electron chi connectivity index (χ3n) is 6.07. The third-order valence-corrected chi connectivity index (χ3v) is 6.26. The standard InChI is InChI=1S/C20H14ClF3N8O2/c21-14-6-15-25-9-12-11(7-19(1-4-34-19)16(12)31(15)30-14)18(33)29-10-5-13(20(22,23)24)17(26-8-10)32-27-2-3-28-32/h2-3,5-6,8-9,11H,1,4,7H2,(H,29,33). The van der Waals surface area contributed by atoms with Gasteiger partial charge in [0.2, 0.25) is 5.91 Å². The highest BCUT2D eigenvalue weighted by atomic mass is 35.5. The summed E-state index contributed by atoms with van der Waals surface area (Å²) in [5.41, 5.74) is -0.126. The van der Waals surface area contributed by atoms with Gasteiger partial charge in [-0.05, 0) is 12.5 Å². The lowest BCUT2D eigenvalue weighted by atomic mass is 9.90. The van der Waals surface area contributed by atoms with E-state index in [0.29, 0.717) is 36.4 Å². The zero-order valence-corrected chi connectivity index (χ0v) is 17.9. The molecule has 6 rings (SSSR count). The molecule has 4 aromatic heterocycles. The maximum atomic E-state index is 13.7. The summed E-state index contributed by atoms with van der Waals surface area (Å²) in [4.78, 5) is 22.2. The highest BCUT2D eigenvalue weighted by molar-refractivity contribution is 6.29. The number of carbonyl (C=O) groups is 1. The van der Waals surface area contributed by atoms with Crippen molar-refractivity contribution in [2.75, 3.05) is 11.9 Å². The maximum absolute atomic E-state index is 13.7. The molecule has 1 aliphatic carbocycles. The molecule has 5 heterocycles. The Bertz CT molecular complexity index is 1430. The zero-order valence-electron chi connectivity index (χ0n) is 17.1. The molecule has 1 saturated heterocycles. The van der Waals surface area contributed by atoms with Crippen molar-refractivity contribution in [3.63, 3.8) is 0 Å². The molecule has 0 saturated carbocycles. The van der Waals surface area contributed by atoms with Gasteiger partial charge in [0.15, 0.2) is 16.6 Å². The molecule has 2 aliphatic rings. The van der Waals surface area contributed by atoms with Crippen molar-refractivity contribution in [2.45, 2.75) is 30.5 Å². The van der Waals surface area contributed by atoms with Gasteiger partial charge in [0.1, 0.15) is 11.2 Å². The number of halogens is 4. The predicted octanol–water partition coefficient (Wildman–Crippen LogP) is 3.12. The molecule has 4 aromatic rings. The molecule has 14 heteroatoms. The Kier molecular flexibility index (Phi) is 4.45. The fraction of sp³-hybridized carbons (Fsp3) is 0.300. The number of nitrogens with one attached hydrogen (secondary N) is 1. The summed E-state index contributed by atoms with van der Waals surface area (Å²) in [6, 6.07) is 2.41. The number of rotatable bonds is 3. The quantitative estimate of drug-likeness (QED) is 0.469. The van der Waals surface area contributed by atoms with Crippen LogP contribution < -0.4 is 5.32 Å². The Hall–Kier alpha value is -3.58. The molecular formula is C20H14ClF3N8O2. The first-order valence-corrected chi connectivity index (χ1v) is 10.6. The lowest BCUT2D eigenvalue weighted by Gasteiger charge is -2.39. The first-order valence-electron chi connectivity index (χ1n) is 10.2. The number of fused-ring (bicyclic) bond motifs is 4. The van der Waals surface area contributed by atoms with Crippen molar-refractivity contribution in [3.8, 4) is 5.82 Å². The summed E-state index contributed by atoms with van der Waals surface area (Å²) >= 11 is 6.05. The molecule has 10 nitrogen and oxygen atoms in total. The minimum absolute atomic E-state index is 0.110. The number of hydrogen-bond donors (Lipinski definition) is 1. The van der Waals surface area contributed by atoms with Crippen LogP contribution in [0.3, 0.4) is 0 Å². The van der Waals surface area contributed by atoms with E-state index in [0.717, 1.165) is 17.1 Å². The minimum Gasteiger partial charge on any atom is -0.368 e. The summed E-state index contributed by atoms with van der Waals surface area (Å²) in [5, 5.41) is 14.5. The van der Waals surface area contributed by atoms with Gasteiger partial charge in [-0.2, -0.15) is 28.5 Å². The highest BCUT2D eigenvalue weighted by Gasteiger charge is 2.53. The molecule has 2 atom stereocenters. The van der Waals surface area contributed by atoms with Gasteiger partial charge in [-0.25, -0.2) is 14.5 Å². The molecule has 0 bridgehead atoms. The van der Waals surface area contributed by atoms with Crippen LogP contribution in [0.25, 0.3) is 11.5 Å². The van der Waals surface area contributed by atoms with Gasteiger partial charge >= 0.3 is 6.18 Å². The Morgan fingerprint density at radius 3 is 2.65 bits per heavy atom. The van der Waals surface area contributed by atoms with Gasteiger partial charge < -0.3 is 10.1 Å². The van der Waals surface area contributed by atoms with E-state index in [1.807, 2.05) is 0 Å². The van der Waals surface area contributed by atoms with Crippen molar-refractivity contribution < 1.29 is 22.7 Å². The first kappa shape index (κ1) is 21.0. The number of ether oxygens (including phenoxy) is 1. The number of amides is 1. The van der Waals surface area contributed by atoms with Crippen LogP contribution in [0.2, 0.25) is 5.15 Å². The number of carbonyl (C=O) groups excluding carboxylic acids is 1. The summed E-state index contributed by atoms with van der Waals surface area (Å²) in [7, 11) is 0. The summed E-state index contributed by atoms with van der Waals surface area (Å²) in [5.74, 6) is -1.71. The molecule has 1 amide bonds. The normalized spacial score (nSPS) is 21.6. The van der Waals surface area contributed by atoms with E-state index in [-0.39, 0.29) is 10.8 Å². The monoisotopic (exact) mass is 490 g/mol. The van der Waals surface area contributed by atoms with E-state index in [4.69, 9.17) is 16.3 Å². The topological polar surface area (TPSA) is 112 Å². The van der Waals surface area contributed by atoms with Crippen LogP contribution in [-0.4, -0.2) is 47.1 Å². The second-order valence-corrected chi connectivity index (χ2v) is 8.44. The number of pyridine rings is 1. The second-order valence-electron chi connectivity index (χ2n) is 8.05. The van der Waals surface area contributed by atoms with E-state index in [1.165, 1.54) is 12.4 Å². The Labute approximate surface area is 193 Å². The van der Waals surface area contributed by atoms with Gasteiger partial charge in [0.25, 0.3) is 0 Å². The number of nitrogens with zero attached hydrogens (tertiary/aromatic N) is 7. The Morgan fingerprint density at radius 2 is 1.97 bits per heavy atom. The number of anilines is 1. The average Bonchev–Trinajstić information content (AvgIpc) is 3.48. The van der Waals surface area contributed by atoms with E-state index < -0.39 is 35.0 Å². The fourth-order valence-corrected chi connectivity index (χ4v) is 4.72. The molecular weight excluding hydrogens is 477 g/mol. The molecule has 0 aromatic carbocycles. The lowest BCUT2D eigenvalue weighted by molar-refractivity contribution is -0.159. The van der Waals surface area contributed by atoms with E-state index >= 15 is 0 Å². The van der Waals surface area contributed by atoms with Gasteiger partial charge in [-0.3, -0.25) is 4.79 Å². The maximum Gasteiger partial charge on any atom is 0.420 e. The van der Waals surface area contributed by atoms with Crippen molar-refractivity contribution in [1.82, 2.24) is 34.6 Å². The number of alkyl halides is 3. The summed E-state index contributed by atoms with van der Waals surface area (Å²) < 4.78 is 48.5. The van der Waals surface area contributed by atoms with Crippen LogP contribution in [0, 0.1) is 0 Å². The van der Waals surface area contributed by atoms with Crippen LogP contribution in [0.5, 0.6) is 0 Å². The molecule has 174 valence electrons. The van der Waals surface area contributed by atoms with Crippen LogP contribution in [0.1, 0.15) is 35.6 Å². The zero-order chi connectivity index (χ0) is 23.7. The Balaban J connectivity index is 1.35. The van der Waals surface area contributed by atoms with E-state index in [9.17, 15) is 18.0 Å². The van der Waals surface area contributed by atoms with Crippen molar-refractivity contribution in [3.05, 3.63) is 58.9 Å². The first-order chi connectivity index (χ1) is 16.2. The van der Waals surface area contributed by atoms with Gasteiger partial charge in [0, 0.05) is 24.2 Å². The van der Waals surface area contributed by atoms with Crippen molar-refractivity contribution in [2.24, 2.45) is 0 Å². The smallest absolute Gasteiger partial charge is 0.368 e. The average molecular weight is 491 g/mol. The van der Waals surface area contributed by atoms with Gasteiger partial charge in [-0.1, -0.05) is 11.6 Å². The van der Waals surface area contributed by atoms with Crippen LogP contribution in [0.15, 0.2) is 36.9 Å². The van der Waals surface area contributed by atoms with Crippen LogP contribution in [-0.2, 0) is 21.3 Å². The largest absolute Gasteiger partial charge is 0.420 e. The highest BCUT2D eigenvalue weighted by Crippen LogP contribution is 2.53. The van der Waals surface area contributed by atoms with Crippen molar-refractivity contribution >= 4 is 28.8 Å². The number of aromatic nitrogens is 7. The fourth-order valence-electron chi connectivity index (χ4n) is 4.54. The lowest BCUT2D eigenvalue weighted by Crippen LogP contribution is -2.40. The summed E-state index contributed by atoms with van der Waals surface area (Å²) in [6.45, 7) is 0.522. The predicted molar refractivity (Wildman–Crippen MR) is 110 cm³/mol. The van der Waals surface area contributed by atoms with Gasteiger partial charge in [0.05, 0.1) is 42.5 Å².